The van der Waals surface area contributed by atoms with Gasteiger partial charge in [0.25, 0.3) is 0 Å². The average Bonchev–Trinajstić information content (AvgIpc) is 3.14. The number of nitrogens with zero attached hydrogens (tertiary/aromatic N) is 2. The normalized spacial score (nSPS) is 12.5. The lowest BCUT2D eigenvalue weighted by atomic mass is 10.1. The third kappa shape index (κ3) is 3.48. The van der Waals surface area contributed by atoms with Gasteiger partial charge in [0.05, 0.1) is 5.69 Å². The maximum Gasteiger partial charge on any atom is 0.220 e. The maximum atomic E-state index is 13.9. The van der Waals surface area contributed by atoms with Gasteiger partial charge in [-0.2, -0.15) is 0 Å². The van der Waals surface area contributed by atoms with E-state index in [0.717, 1.165) is 17.1 Å². The molecule has 1 unspecified atom stereocenters. The van der Waals surface area contributed by atoms with Crippen LogP contribution in [-0.2, 0) is 11.2 Å². The van der Waals surface area contributed by atoms with Gasteiger partial charge in [0.1, 0.15) is 5.82 Å². The summed E-state index contributed by atoms with van der Waals surface area (Å²) in [4.78, 5) is 17.2. The van der Waals surface area contributed by atoms with Crippen LogP contribution in [0.4, 0.5) is 4.39 Å². The number of carbonyl (C=O) groups is 1. The summed E-state index contributed by atoms with van der Waals surface area (Å²) in [5.41, 5.74) is 2.13. The molecule has 1 atom stereocenters. The standard InChI is InChI=1S/C18H20FN3OS/c1-3-12(2)20-17(23)9-8-13-11-24-18-21-16(10-22(13)18)14-6-4-5-7-15(14)19/h4-7,10-12H,3,8-9H2,1-2H3,(H,20,23). The zero-order chi connectivity index (χ0) is 17.1. The molecule has 2 heterocycles. The third-order valence-electron chi connectivity index (χ3n) is 4.06. The molecule has 1 amide bonds. The lowest BCUT2D eigenvalue weighted by Gasteiger charge is -2.10. The van der Waals surface area contributed by atoms with Crippen LogP contribution in [0, 0.1) is 5.82 Å². The Labute approximate surface area is 144 Å². The monoisotopic (exact) mass is 345 g/mol. The smallest absolute Gasteiger partial charge is 0.220 e. The summed E-state index contributed by atoms with van der Waals surface area (Å²) in [5, 5.41) is 4.97. The van der Waals surface area contributed by atoms with E-state index in [-0.39, 0.29) is 17.8 Å². The fraction of sp³-hybridized carbons (Fsp3) is 0.333. The van der Waals surface area contributed by atoms with Crippen molar-refractivity contribution in [3.63, 3.8) is 0 Å². The van der Waals surface area contributed by atoms with E-state index in [4.69, 9.17) is 0 Å². The van der Waals surface area contributed by atoms with Crippen molar-refractivity contribution < 1.29 is 9.18 Å². The van der Waals surface area contributed by atoms with Gasteiger partial charge in [-0.1, -0.05) is 19.1 Å². The number of halogens is 1. The average molecular weight is 345 g/mol. The van der Waals surface area contributed by atoms with Crippen LogP contribution in [0.25, 0.3) is 16.2 Å². The largest absolute Gasteiger partial charge is 0.354 e. The van der Waals surface area contributed by atoms with E-state index in [2.05, 4.69) is 10.3 Å². The SMILES string of the molecule is CCC(C)NC(=O)CCc1csc2nc(-c3ccccc3F)cn12. The Morgan fingerprint density at radius 2 is 2.21 bits per heavy atom. The predicted octanol–water partition coefficient (Wildman–Crippen LogP) is 4.05. The van der Waals surface area contributed by atoms with Gasteiger partial charge in [-0.25, -0.2) is 9.37 Å². The molecule has 0 bridgehead atoms. The minimum Gasteiger partial charge on any atom is -0.354 e. The molecule has 126 valence electrons. The van der Waals surface area contributed by atoms with E-state index < -0.39 is 0 Å². The van der Waals surface area contributed by atoms with Gasteiger partial charge in [-0.05, 0) is 31.9 Å². The molecule has 3 aromatic rings. The van der Waals surface area contributed by atoms with Crippen LogP contribution in [0.15, 0.2) is 35.8 Å². The zero-order valence-electron chi connectivity index (χ0n) is 13.8. The molecule has 0 aliphatic heterocycles. The highest BCUT2D eigenvalue weighted by Crippen LogP contribution is 2.26. The van der Waals surface area contributed by atoms with Gasteiger partial charge in [0.2, 0.25) is 5.91 Å². The van der Waals surface area contributed by atoms with Gasteiger partial charge in [0.15, 0.2) is 4.96 Å². The molecule has 24 heavy (non-hydrogen) atoms. The summed E-state index contributed by atoms with van der Waals surface area (Å²) in [5.74, 6) is -0.226. The number of hydrogen-bond donors (Lipinski definition) is 1. The maximum absolute atomic E-state index is 13.9. The first kappa shape index (κ1) is 16.6. The summed E-state index contributed by atoms with van der Waals surface area (Å²) < 4.78 is 15.9. The second-order valence-electron chi connectivity index (χ2n) is 5.86. The minimum absolute atomic E-state index is 0.0538. The first-order chi connectivity index (χ1) is 11.6. The molecule has 0 saturated heterocycles. The van der Waals surface area contributed by atoms with Gasteiger partial charge < -0.3 is 5.32 Å². The van der Waals surface area contributed by atoms with E-state index in [0.29, 0.717) is 24.1 Å². The molecule has 2 aromatic heterocycles. The molecule has 1 N–H and O–H groups in total. The van der Waals surface area contributed by atoms with Gasteiger partial charge in [-0.15, -0.1) is 11.3 Å². The van der Waals surface area contributed by atoms with Crippen LogP contribution in [0.2, 0.25) is 0 Å². The number of fused-ring (bicyclic) bond motifs is 1. The van der Waals surface area contributed by atoms with Gasteiger partial charge in [0, 0.05) is 35.3 Å². The summed E-state index contributed by atoms with van der Waals surface area (Å²) in [6.45, 7) is 4.04. The van der Waals surface area contributed by atoms with Crippen LogP contribution in [-0.4, -0.2) is 21.3 Å². The van der Waals surface area contributed by atoms with Crippen LogP contribution in [0.1, 0.15) is 32.4 Å². The molecule has 0 radical (unpaired) electrons. The molecule has 6 heteroatoms. The molecule has 3 rings (SSSR count). The number of aryl methyl sites for hydroxylation is 1. The second-order valence-corrected chi connectivity index (χ2v) is 6.70. The Kier molecular flexibility index (Phi) is 4.94. The number of imidazole rings is 1. The van der Waals surface area contributed by atoms with Crippen molar-refractivity contribution in [2.45, 2.75) is 39.2 Å². The van der Waals surface area contributed by atoms with Crippen molar-refractivity contribution in [3.05, 3.63) is 47.4 Å². The first-order valence-corrected chi connectivity index (χ1v) is 8.96. The summed E-state index contributed by atoms with van der Waals surface area (Å²) in [7, 11) is 0. The Bertz CT molecular complexity index is 855. The fourth-order valence-electron chi connectivity index (χ4n) is 2.50. The van der Waals surface area contributed by atoms with E-state index in [1.54, 1.807) is 18.2 Å². The number of amides is 1. The number of carbonyl (C=O) groups excluding carboxylic acids is 1. The third-order valence-corrected chi connectivity index (χ3v) is 4.95. The summed E-state index contributed by atoms with van der Waals surface area (Å²) in [6.07, 6.45) is 3.83. The minimum atomic E-state index is -0.280. The van der Waals surface area contributed by atoms with Crippen LogP contribution in [0.5, 0.6) is 0 Å². The molecule has 0 saturated carbocycles. The Morgan fingerprint density at radius 3 is 2.96 bits per heavy atom. The number of nitrogens with one attached hydrogen (secondary N) is 1. The van der Waals surface area contributed by atoms with Crippen molar-refractivity contribution in [2.24, 2.45) is 0 Å². The van der Waals surface area contributed by atoms with Crippen molar-refractivity contribution in [3.8, 4) is 11.3 Å². The zero-order valence-corrected chi connectivity index (χ0v) is 14.6. The van der Waals surface area contributed by atoms with Crippen molar-refractivity contribution >= 4 is 22.2 Å². The summed E-state index contributed by atoms with van der Waals surface area (Å²) >= 11 is 1.50. The molecular formula is C18H20FN3OS. The molecule has 4 nitrogen and oxygen atoms in total. The predicted molar refractivity (Wildman–Crippen MR) is 94.7 cm³/mol. The molecule has 0 spiro atoms. The molecule has 0 fully saturated rings. The van der Waals surface area contributed by atoms with Crippen molar-refractivity contribution in [1.82, 2.24) is 14.7 Å². The second kappa shape index (κ2) is 7.13. The highest BCUT2D eigenvalue weighted by Gasteiger charge is 2.13. The number of hydrogen-bond acceptors (Lipinski definition) is 3. The molecule has 1 aromatic carbocycles. The van der Waals surface area contributed by atoms with Crippen molar-refractivity contribution in [1.29, 1.82) is 0 Å². The fourth-order valence-corrected chi connectivity index (χ4v) is 3.41. The number of aromatic nitrogens is 2. The van der Waals surface area contributed by atoms with Crippen LogP contribution in [0.3, 0.4) is 0 Å². The highest BCUT2D eigenvalue weighted by molar-refractivity contribution is 7.15. The molecular weight excluding hydrogens is 325 g/mol. The lowest BCUT2D eigenvalue weighted by molar-refractivity contribution is -0.121. The van der Waals surface area contributed by atoms with Crippen LogP contribution < -0.4 is 5.32 Å². The first-order valence-electron chi connectivity index (χ1n) is 8.08. The Balaban J connectivity index is 1.76. The number of rotatable bonds is 6. The Hall–Kier alpha value is -2.21. The quantitative estimate of drug-likeness (QED) is 0.733. The number of benzene rings is 1. The van der Waals surface area contributed by atoms with E-state index >= 15 is 0 Å². The van der Waals surface area contributed by atoms with E-state index in [1.807, 2.05) is 29.8 Å². The lowest BCUT2D eigenvalue weighted by Crippen LogP contribution is -2.32. The van der Waals surface area contributed by atoms with E-state index in [9.17, 15) is 9.18 Å². The molecule has 0 aliphatic rings. The Morgan fingerprint density at radius 1 is 1.42 bits per heavy atom. The van der Waals surface area contributed by atoms with Crippen LogP contribution >= 0.6 is 11.3 Å². The van der Waals surface area contributed by atoms with Gasteiger partial charge >= 0.3 is 0 Å². The molecule has 0 aliphatic carbocycles. The highest BCUT2D eigenvalue weighted by atomic mass is 32.1. The topological polar surface area (TPSA) is 46.4 Å². The summed E-state index contributed by atoms with van der Waals surface area (Å²) in [6, 6.07) is 6.81. The van der Waals surface area contributed by atoms with E-state index in [1.165, 1.54) is 17.4 Å². The van der Waals surface area contributed by atoms with Gasteiger partial charge in [-0.3, -0.25) is 9.20 Å². The number of thiazole rings is 1. The van der Waals surface area contributed by atoms with Crippen molar-refractivity contribution in [2.75, 3.05) is 0 Å².